The number of carbonyl (C=O) groups is 1. The number of nitrogens with zero attached hydrogens (tertiary/aromatic N) is 3. The average molecular weight is 440 g/mol. The minimum absolute atomic E-state index is 0.190. The first kappa shape index (κ1) is 22.0. The normalized spacial score (nSPS) is 11.6. The zero-order valence-corrected chi connectivity index (χ0v) is 18.5. The molecule has 7 heteroatoms. The van der Waals surface area contributed by atoms with E-state index in [4.69, 9.17) is 0 Å². The predicted octanol–water partition coefficient (Wildman–Crippen LogP) is 3.61. The van der Waals surface area contributed by atoms with Crippen LogP contribution in [0.15, 0.2) is 90.0 Å². The smallest absolute Gasteiger partial charge is 0.251 e. The molecular weight excluding hydrogens is 414 g/mol. The number of hydrogen-bond acceptors (Lipinski definition) is 5. The Balaban J connectivity index is 1.64. The Hall–Kier alpha value is -4.26. The van der Waals surface area contributed by atoms with Crippen LogP contribution in [0.1, 0.15) is 27.7 Å². The molecule has 33 heavy (non-hydrogen) atoms. The fourth-order valence-electron chi connectivity index (χ4n) is 3.57. The molecule has 1 atom stereocenters. The Labute approximate surface area is 192 Å². The molecule has 0 fully saturated rings. The van der Waals surface area contributed by atoms with Gasteiger partial charge in [0.2, 0.25) is 0 Å². The van der Waals surface area contributed by atoms with Crippen molar-refractivity contribution in [1.82, 2.24) is 20.3 Å². The van der Waals surface area contributed by atoms with Crippen LogP contribution in [0.5, 0.6) is 0 Å². The minimum Gasteiger partial charge on any atom is -0.378 e. The van der Waals surface area contributed by atoms with E-state index in [2.05, 4.69) is 20.3 Å². The van der Waals surface area contributed by atoms with Crippen molar-refractivity contribution < 1.29 is 4.79 Å². The van der Waals surface area contributed by atoms with E-state index in [0.29, 0.717) is 23.5 Å². The molecule has 0 saturated carbocycles. The molecule has 4 rings (SSSR count). The van der Waals surface area contributed by atoms with Crippen LogP contribution in [-0.2, 0) is 6.42 Å². The lowest BCUT2D eigenvalue weighted by molar-refractivity contribution is 0.0936. The summed E-state index contributed by atoms with van der Waals surface area (Å²) in [6.07, 6.45) is 3.67. The van der Waals surface area contributed by atoms with Gasteiger partial charge in [0.05, 0.1) is 11.7 Å². The number of nitrogens with one attached hydrogen (secondary N) is 2. The van der Waals surface area contributed by atoms with E-state index < -0.39 is 0 Å². The van der Waals surface area contributed by atoms with Gasteiger partial charge >= 0.3 is 0 Å². The Kier molecular flexibility index (Phi) is 6.59. The molecule has 2 aromatic carbocycles. The van der Waals surface area contributed by atoms with Gasteiger partial charge in [-0.25, -0.2) is 4.98 Å². The molecule has 0 spiro atoms. The number of pyridine rings is 1. The van der Waals surface area contributed by atoms with Crippen LogP contribution in [0.25, 0.3) is 11.4 Å². The van der Waals surface area contributed by atoms with Crippen molar-refractivity contribution in [3.8, 4) is 11.4 Å². The van der Waals surface area contributed by atoms with Gasteiger partial charge in [0.25, 0.3) is 11.5 Å². The molecule has 0 aliphatic heterocycles. The van der Waals surface area contributed by atoms with Crippen molar-refractivity contribution in [3.05, 3.63) is 112 Å². The maximum absolute atomic E-state index is 13.1. The second-order valence-corrected chi connectivity index (χ2v) is 7.91. The van der Waals surface area contributed by atoms with E-state index >= 15 is 0 Å². The van der Waals surface area contributed by atoms with Gasteiger partial charge in [-0.3, -0.25) is 14.6 Å². The number of rotatable bonds is 7. The molecule has 0 aliphatic carbocycles. The van der Waals surface area contributed by atoms with Gasteiger partial charge in [0, 0.05) is 55.8 Å². The van der Waals surface area contributed by atoms with Gasteiger partial charge in [-0.05, 0) is 35.9 Å². The molecule has 166 valence electrons. The van der Waals surface area contributed by atoms with E-state index in [1.165, 1.54) is 6.07 Å². The van der Waals surface area contributed by atoms with Gasteiger partial charge in [0.1, 0.15) is 5.82 Å². The first-order chi connectivity index (χ1) is 16.0. The lowest BCUT2D eigenvalue weighted by Gasteiger charge is -2.20. The molecule has 2 heterocycles. The zero-order chi connectivity index (χ0) is 23.2. The van der Waals surface area contributed by atoms with Crippen molar-refractivity contribution in [2.75, 3.05) is 19.0 Å². The molecule has 0 radical (unpaired) electrons. The average Bonchev–Trinajstić information content (AvgIpc) is 2.84. The summed E-state index contributed by atoms with van der Waals surface area (Å²) in [7, 11) is 3.87. The van der Waals surface area contributed by atoms with Crippen LogP contribution in [0.4, 0.5) is 5.69 Å². The third-order valence-electron chi connectivity index (χ3n) is 5.27. The number of amides is 1. The zero-order valence-electron chi connectivity index (χ0n) is 18.5. The highest BCUT2D eigenvalue weighted by Crippen LogP contribution is 2.20. The fourth-order valence-corrected chi connectivity index (χ4v) is 3.57. The number of H-pyrrole nitrogens is 1. The molecule has 0 bridgehead atoms. The first-order valence-electron chi connectivity index (χ1n) is 10.6. The summed E-state index contributed by atoms with van der Waals surface area (Å²) in [6, 6.07) is 21.9. The number of anilines is 1. The van der Waals surface area contributed by atoms with Crippen molar-refractivity contribution in [2.24, 2.45) is 0 Å². The number of hydrogen-bond donors (Lipinski definition) is 2. The first-order valence-corrected chi connectivity index (χ1v) is 10.6. The maximum atomic E-state index is 13.1. The van der Waals surface area contributed by atoms with Crippen molar-refractivity contribution in [3.63, 3.8) is 0 Å². The number of carbonyl (C=O) groups excluding carboxylic acids is 1. The lowest BCUT2D eigenvalue weighted by Crippen LogP contribution is -2.30. The monoisotopic (exact) mass is 439 g/mol. The molecule has 4 aromatic rings. The second kappa shape index (κ2) is 9.91. The van der Waals surface area contributed by atoms with E-state index in [9.17, 15) is 9.59 Å². The fraction of sp³-hybridized carbons (Fsp3) is 0.154. The number of aromatic nitrogens is 3. The van der Waals surface area contributed by atoms with Crippen LogP contribution >= 0.6 is 0 Å². The van der Waals surface area contributed by atoms with Gasteiger partial charge in [-0.15, -0.1) is 0 Å². The topological polar surface area (TPSA) is 91.0 Å². The number of aromatic amines is 1. The Bertz CT molecular complexity index is 1290. The summed E-state index contributed by atoms with van der Waals surface area (Å²) in [5.41, 5.74) is 3.48. The summed E-state index contributed by atoms with van der Waals surface area (Å²) in [5.74, 6) is 0.257. The van der Waals surface area contributed by atoms with Crippen LogP contribution in [0.3, 0.4) is 0 Å². The molecule has 0 aliphatic rings. The second-order valence-electron chi connectivity index (χ2n) is 7.91. The third kappa shape index (κ3) is 5.51. The highest BCUT2D eigenvalue weighted by Gasteiger charge is 2.18. The van der Waals surface area contributed by atoms with Crippen LogP contribution in [0.2, 0.25) is 0 Å². The molecule has 2 N–H and O–H groups in total. The molecule has 1 amide bonds. The van der Waals surface area contributed by atoms with Crippen LogP contribution in [-0.4, -0.2) is 35.0 Å². The SMILES string of the molecule is CN(C)c1cccc(C(=O)N[C@H](Cc2cc(=O)[nH]c(-c3cccnc3)n2)c2ccccc2)c1. The Morgan fingerprint density at radius 1 is 1.03 bits per heavy atom. The molecule has 2 aromatic heterocycles. The third-order valence-corrected chi connectivity index (χ3v) is 5.27. The number of benzene rings is 2. The summed E-state index contributed by atoms with van der Waals surface area (Å²) in [4.78, 5) is 38.9. The maximum Gasteiger partial charge on any atom is 0.251 e. The van der Waals surface area contributed by atoms with Gasteiger partial charge in [-0.1, -0.05) is 36.4 Å². The summed E-state index contributed by atoms with van der Waals surface area (Å²) in [5, 5.41) is 3.12. The Morgan fingerprint density at radius 3 is 2.58 bits per heavy atom. The molecule has 0 unspecified atom stereocenters. The summed E-state index contributed by atoms with van der Waals surface area (Å²) >= 11 is 0. The van der Waals surface area contributed by atoms with Gasteiger partial charge in [-0.2, -0.15) is 0 Å². The van der Waals surface area contributed by atoms with Gasteiger partial charge in [0.15, 0.2) is 0 Å². The van der Waals surface area contributed by atoms with Crippen LogP contribution in [0, 0.1) is 0 Å². The lowest BCUT2D eigenvalue weighted by atomic mass is 10.0. The van der Waals surface area contributed by atoms with Gasteiger partial charge < -0.3 is 15.2 Å². The summed E-state index contributed by atoms with van der Waals surface area (Å²) in [6.45, 7) is 0. The van der Waals surface area contributed by atoms with E-state index in [-0.39, 0.29) is 17.5 Å². The van der Waals surface area contributed by atoms with E-state index in [1.807, 2.05) is 73.6 Å². The van der Waals surface area contributed by atoms with Crippen molar-refractivity contribution in [1.29, 1.82) is 0 Å². The summed E-state index contributed by atoms with van der Waals surface area (Å²) < 4.78 is 0. The largest absolute Gasteiger partial charge is 0.378 e. The van der Waals surface area contributed by atoms with Crippen molar-refractivity contribution in [2.45, 2.75) is 12.5 Å². The highest BCUT2D eigenvalue weighted by molar-refractivity contribution is 5.95. The highest BCUT2D eigenvalue weighted by atomic mass is 16.1. The Morgan fingerprint density at radius 2 is 1.85 bits per heavy atom. The van der Waals surface area contributed by atoms with Crippen LogP contribution < -0.4 is 15.8 Å². The van der Waals surface area contributed by atoms with E-state index in [0.717, 1.165) is 16.8 Å². The standard InChI is InChI=1S/C26H25N5O2/c1-31(2)22-12-6-10-19(14-22)26(33)29-23(18-8-4-3-5-9-18)15-21-16-24(32)30-25(28-21)20-11-7-13-27-17-20/h3-14,16-17,23H,15H2,1-2H3,(H,29,33)(H,28,30,32)/t23-/m1/s1. The molecule has 0 saturated heterocycles. The quantitative estimate of drug-likeness (QED) is 0.459. The van der Waals surface area contributed by atoms with E-state index in [1.54, 1.807) is 24.5 Å². The molecule has 7 nitrogen and oxygen atoms in total. The minimum atomic E-state index is -0.363. The molecular formula is C26H25N5O2. The van der Waals surface area contributed by atoms with Crippen molar-refractivity contribution >= 4 is 11.6 Å². The predicted molar refractivity (Wildman–Crippen MR) is 129 cm³/mol.